The van der Waals surface area contributed by atoms with Crippen LogP contribution in [0.4, 0.5) is 8.78 Å². The normalized spacial score (nSPS) is 12.3. The van der Waals surface area contributed by atoms with Gasteiger partial charge in [0.1, 0.15) is 11.6 Å². The molecule has 0 aliphatic carbocycles. The molecule has 0 spiro atoms. The second kappa shape index (κ2) is 7.02. The quantitative estimate of drug-likeness (QED) is 0.551. The molecule has 2 aromatic carbocycles. The fourth-order valence-electron chi connectivity index (χ4n) is 3.60. The first-order valence-corrected chi connectivity index (χ1v) is 8.92. The average molecular weight is 376 g/mol. The molecule has 0 amide bonds. The lowest BCUT2D eigenvalue weighted by Crippen LogP contribution is -2.23. The third-order valence-electron chi connectivity index (χ3n) is 4.79. The molecule has 3 nitrogen and oxygen atoms in total. The van der Waals surface area contributed by atoms with Crippen molar-refractivity contribution in [2.75, 3.05) is 0 Å². The van der Waals surface area contributed by atoms with Crippen molar-refractivity contribution >= 4 is 5.52 Å². The maximum Gasteiger partial charge on any atom is 0.263 e. The Hall–Kier alpha value is -3.31. The number of hydrogen-bond acceptors (Lipinski definition) is 2. The smallest absolute Gasteiger partial charge is 0.263 e. The molecule has 0 radical (unpaired) electrons. The van der Waals surface area contributed by atoms with E-state index in [0.29, 0.717) is 33.3 Å². The highest BCUT2D eigenvalue weighted by Gasteiger charge is 2.23. The minimum atomic E-state index is -0.521. The second-order valence-corrected chi connectivity index (χ2v) is 6.73. The minimum absolute atomic E-state index is 0.348. The summed E-state index contributed by atoms with van der Waals surface area (Å²) >= 11 is 0. The number of nitrogens with zero attached hydrogens (tertiary/aromatic N) is 1. The molecule has 0 saturated heterocycles. The number of benzene rings is 2. The summed E-state index contributed by atoms with van der Waals surface area (Å²) in [6.45, 7) is 1.80. The van der Waals surface area contributed by atoms with Gasteiger partial charge in [-0.15, -0.1) is 0 Å². The topological polar surface area (TPSA) is 47.5 Å². The molecule has 0 saturated carbocycles. The summed E-state index contributed by atoms with van der Waals surface area (Å²) in [6.07, 6.45) is 1.17. The summed E-state index contributed by atoms with van der Waals surface area (Å²) in [5.74, 6) is -0.884. The standard InChI is InChI=1S/C23H18F2N2O/c1-14(26)20-21(16-7-9-17(24)10-8-16)19-12-11-18(25)13-27(19)23(28)22(20)15-5-3-2-4-6-15/h2-14H,26H2,1H3/t14-/m0/s1. The van der Waals surface area contributed by atoms with Crippen molar-refractivity contribution in [3.8, 4) is 22.3 Å². The second-order valence-electron chi connectivity index (χ2n) is 6.73. The van der Waals surface area contributed by atoms with Gasteiger partial charge >= 0.3 is 0 Å². The van der Waals surface area contributed by atoms with Gasteiger partial charge in [-0.1, -0.05) is 42.5 Å². The van der Waals surface area contributed by atoms with Gasteiger partial charge in [-0.3, -0.25) is 9.20 Å². The van der Waals surface area contributed by atoms with Gasteiger partial charge in [-0.05, 0) is 47.9 Å². The van der Waals surface area contributed by atoms with E-state index in [2.05, 4.69) is 0 Å². The molecule has 0 fully saturated rings. The lowest BCUT2D eigenvalue weighted by Gasteiger charge is -2.21. The maximum atomic E-state index is 14.0. The summed E-state index contributed by atoms with van der Waals surface area (Å²) in [7, 11) is 0. The Morgan fingerprint density at radius 3 is 2.07 bits per heavy atom. The van der Waals surface area contributed by atoms with E-state index < -0.39 is 11.9 Å². The van der Waals surface area contributed by atoms with Crippen molar-refractivity contribution in [2.24, 2.45) is 5.73 Å². The third-order valence-corrected chi connectivity index (χ3v) is 4.79. The van der Waals surface area contributed by atoms with Crippen molar-refractivity contribution in [2.45, 2.75) is 13.0 Å². The van der Waals surface area contributed by atoms with Crippen molar-refractivity contribution in [3.05, 3.63) is 100 Å². The molecule has 140 valence electrons. The summed E-state index contributed by atoms with van der Waals surface area (Å²) in [5.41, 5.74) is 9.63. The molecular formula is C23H18F2N2O. The van der Waals surface area contributed by atoms with Crippen LogP contribution in [0.15, 0.2) is 77.7 Å². The van der Waals surface area contributed by atoms with E-state index in [-0.39, 0.29) is 11.4 Å². The molecule has 2 N–H and O–H groups in total. The first kappa shape index (κ1) is 18.1. The molecular weight excluding hydrogens is 358 g/mol. The Balaban J connectivity index is 2.23. The van der Waals surface area contributed by atoms with E-state index in [9.17, 15) is 13.6 Å². The molecule has 1 atom stereocenters. The summed E-state index contributed by atoms with van der Waals surface area (Å²) in [6, 6.07) is 17.5. The number of fused-ring (bicyclic) bond motifs is 1. The largest absolute Gasteiger partial charge is 0.324 e. The molecule has 4 aromatic rings. The first-order chi connectivity index (χ1) is 13.5. The van der Waals surface area contributed by atoms with Gasteiger partial charge in [0.25, 0.3) is 5.56 Å². The van der Waals surface area contributed by atoms with E-state index in [0.717, 1.165) is 0 Å². The minimum Gasteiger partial charge on any atom is -0.324 e. The molecule has 28 heavy (non-hydrogen) atoms. The predicted molar refractivity (Wildman–Crippen MR) is 107 cm³/mol. The number of halogens is 2. The molecule has 5 heteroatoms. The average Bonchev–Trinajstić information content (AvgIpc) is 2.69. The first-order valence-electron chi connectivity index (χ1n) is 8.92. The van der Waals surface area contributed by atoms with Crippen molar-refractivity contribution < 1.29 is 8.78 Å². The monoisotopic (exact) mass is 376 g/mol. The third kappa shape index (κ3) is 3.00. The zero-order chi connectivity index (χ0) is 19.8. The van der Waals surface area contributed by atoms with Crippen LogP contribution in [0.5, 0.6) is 0 Å². The number of pyridine rings is 2. The van der Waals surface area contributed by atoms with Crippen LogP contribution in [0.3, 0.4) is 0 Å². The molecule has 2 heterocycles. The Labute approximate surface area is 160 Å². The highest BCUT2D eigenvalue weighted by atomic mass is 19.1. The van der Waals surface area contributed by atoms with Crippen LogP contribution in [-0.4, -0.2) is 4.40 Å². The van der Waals surface area contributed by atoms with Gasteiger partial charge < -0.3 is 5.73 Å². The molecule has 4 rings (SSSR count). The molecule has 0 bridgehead atoms. The van der Waals surface area contributed by atoms with Crippen LogP contribution in [0.2, 0.25) is 0 Å². The van der Waals surface area contributed by atoms with E-state index in [1.807, 2.05) is 30.3 Å². The Bertz CT molecular complexity index is 1210. The van der Waals surface area contributed by atoms with E-state index in [1.54, 1.807) is 25.1 Å². The van der Waals surface area contributed by atoms with Crippen molar-refractivity contribution in [1.29, 1.82) is 0 Å². The van der Waals surface area contributed by atoms with E-state index >= 15 is 0 Å². The predicted octanol–water partition coefficient (Wildman–Crippen LogP) is 4.93. The maximum absolute atomic E-state index is 14.0. The fourth-order valence-corrected chi connectivity index (χ4v) is 3.60. The van der Waals surface area contributed by atoms with Crippen molar-refractivity contribution in [3.63, 3.8) is 0 Å². The van der Waals surface area contributed by atoms with Crippen LogP contribution in [0, 0.1) is 11.6 Å². The zero-order valence-corrected chi connectivity index (χ0v) is 15.2. The number of aromatic nitrogens is 1. The number of nitrogens with two attached hydrogens (primary N) is 1. The Morgan fingerprint density at radius 2 is 1.43 bits per heavy atom. The van der Waals surface area contributed by atoms with Crippen LogP contribution in [0.25, 0.3) is 27.8 Å². The van der Waals surface area contributed by atoms with Gasteiger partial charge in [-0.25, -0.2) is 8.78 Å². The molecule has 0 aliphatic rings. The van der Waals surface area contributed by atoms with Crippen molar-refractivity contribution in [1.82, 2.24) is 4.40 Å². The lowest BCUT2D eigenvalue weighted by molar-refractivity contribution is 0.618. The summed E-state index contributed by atoms with van der Waals surface area (Å²) < 4.78 is 28.8. The zero-order valence-electron chi connectivity index (χ0n) is 15.2. The van der Waals surface area contributed by atoms with Gasteiger partial charge in [0, 0.05) is 17.8 Å². The highest BCUT2D eigenvalue weighted by molar-refractivity contribution is 5.89. The molecule has 2 aromatic heterocycles. The molecule has 0 unspecified atom stereocenters. The lowest BCUT2D eigenvalue weighted by atomic mass is 9.88. The highest BCUT2D eigenvalue weighted by Crippen LogP contribution is 2.36. The van der Waals surface area contributed by atoms with Gasteiger partial charge in [0.2, 0.25) is 0 Å². The van der Waals surface area contributed by atoms with Gasteiger partial charge in [0.05, 0.1) is 11.1 Å². The van der Waals surface area contributed by atoms with E-state index in [4.69, 9.17) is 5.73 Å². The van der Waals surface area contributed by atoms with Gasteiger partial charge in [0.15, 0.2) is 0 Å². The number of rotatable bonds is 3. The van der Waals surface area contributed by atoms with E-state index in [1.165, 1.54) is 28.8 Å². The van der Waals surface area contributed by atoms with Crippen LogP contribution in [0.1, 0.15) is 18.5 Å². The van der Waals surface area contributed by atoms with Gasteiger partial charge in [-0.2, -0.15) is 0 Å². The van der Waals surface area contributed by atoms with Crippen LogP contribution >= 0.6 is 0 Å². The number of hydrogen-bond donors (Lipinski definition) is 1. The fraction of sp³-hybridized carbons (Fsp3) is 0.0870. The summed E-state index contributed by atoms with van der Waals surface area (Å²) in [4.78, 5) is 13.3. The Morgan fingerprint density at radius 1 is 0.821 bits per heavy atom. The molecule has 0 aliphatic heterocycles. The Kier molecular flexibility index (Phi) is 4.53. The van der Waals surface area contributed by atoms with Crippen LogP contribution < -0.4 is 11.3 Å². The van der Waals surface area contributed by atoms with Crippen LogP contribution in [-0.2, 0) is 0 Å². The summed E-state index contributed by atoms with van der Waals surface area (Å²) in [5, 5.41) is 0. The SMILES string of the molecule is C[C@H](N)c1c(-c2ccccc2)c(=O)n2cc(F)ccc2c1-c1ccc(F)cc1.